The predicted octanol–water partition coefficient (Wildman–Crippen LogP) is -1.39. The summed E-state index contributed by atoms with van der Waals surface area (Å²) in [6, 6.07) is 1.12. The van der Waals surface area contributed by atoms with Crippen LogP contribution in [0.15, 0.2) is 21.9 Å². The number of nitrogens with one attached hydrogen (secondary N) is 2. The molecule has 1 atom stereocenters. The van der Waals surface area contributed by atoms with E-state index in [2.05, 4.69) is 5.32 Å². The fourth-order valence-electron chi connectivity index (χ4n) is 1.92. The smallest absolute Gasteiger partial charge is 0.330 e. The fraction of sp³-hybridized carbons (Fsp3) is 0.455. The van der Waals surface area contributed by atoms with Gasteiger partial charge in [0.25, 0.3) is 5.56 Å². The van der Waals surface area contributed by atoms with E-state index in [1.54, 1.807) is 0 Å². The van der Waals surface area contributed by atoms with Gasteiger partial charge < -0.3 is 10.4 Å². The molecule has 3 N–H and O–H groups in total. The van der Waals surface area contributed by atoms with Gasteiger partial charge in [-0.25, -0.2) is 9.59 Å². The van der Waals surface area contributed by atoms with Crippen molar-refractivity contribution in [2.24, 2.45) is 0 Å². The maximum Gasteiger partial charge on any atom is 0.330 e. The van der Waals surface area contributed by atoms with Crippen LogP contribution >= 0.6 is 11.8 Å². The highest BCUT2D eigenvalue weighted by atomic mass is 32.2. The molecular formula is C11H13N3O5S. The largest absolute Gasteiger partial charge is 0.479 e. The van der Waals surface area contributed by atoms with Crippen LogP contribution in [0.25, 0.3) is 0 Å². The first kappa shape index (κ1) is 14.4. The Hall–Kier alpha value is -2.03. The van der Waals surface area contributed by atoms with Crippen molar-refractivity contribution in [1.29, 1.82) is 0 Å². The van der Waals surface area contributed by atoms with E-state index in [-0.39, 0.29) is 6.54 Å². The van der Waals surface area contributed by atoms with Crippen molar-refractivity contribution in [1.82, 2.24) is 14.9 Å². The Balaban J connectivity index is 2.10. The van der Waals surface area contributed by atoms with Crippen LogP contribution in [-0.4, -0.2) is 43.6 Å². The van der Waals surface area contributed by atoms with Gasteiger partial charge in [0.2, 0.25) is 5.91 Å². The van der Waals surface area contributed by atoms with E-state index >= 15 is 0 Å². The second-order valence-corrected chi connectivity index (χ2v) is 5.58. The number of hydrogen-bond acceptors (Lipinski definition) is 5. The third-order valence-corrected chi connectivity index (χ3v) is 4.21. The van der Waals surface area contributed by atoms with Gasteiger partial charge in [-0.2, -0.15) is 11.8 Å². The predicted molar refractivity (Wildman–Crippen MR) is 71.8 cm³/mol. The van der Waals surface area contributed by atoms with Crippen molar-refractivity contribution < 1.29 is 14.7 Å². The van der Waals surface area contributed by atoms with Gasteiger partial charge in [0.1, 0.15) is 12.1 Å². The molecule has 2 heterocycles. The number of carboxylic acid groups (broad SMARTS) is 1. The Kier molecular flexibility index (Phi) is 3.98. The maximum absolute atomic E-state index is 11.9. The molecule has 108 valence electrons. The van der Waals surface area contributed by atoms with E-state index in [4.69, 9.17) is 0 Å². The lowest BCUT2D eigenvalue weighted by molar-refractivity contribution is -0.146. The van der Waals surface area contributed by atoms with Crippen LogP contribution in [0.2, 0.25) is 0 Å². The van der Waals surface area contributed by atoms with E-state index in [1.807, 2.05) is 4.98 Å². The van der Waals surface area contributed by atoms with E-state index in [0.29, 0.717) is 17.9 Å². The van der Waals surface area contributed by atoms with Crippen molar-refractivity contribution in [3.05, 3.63) is 33.1 Å². The molecule has 0 saturated carbocycles. The molecule has 8 nitrogen and oxygen atoms in total. The van der Waals surface area contributed by atoms with E-state index in [9.17, 15) is 24.3 Å². The zero-order valence-electron chi connectivity index (χ0n) is 10.4. The Labute approximate surface area is 117 Å². The van der Waals surface area contributed by atoms with Crippen molar-refractivity contribution >= 4 is 23.6 Å². The molecular weight excluding hydrogens is 286 g/mol. The number of aliphatic carboxylic acids is 1. The summed E-state index contributed by atoms with van der Waals surface area (Å²) in [6.07, 6.45) is 1.54. The molecule has 0 spiro atoms. The molecule has 2 rings (SSSR count). The molecule has 1 saturated heterocycles. The molecule has 1 aromatic heterocycles. The molecule has 0 aromatic carbocycles. The number of hydrogen-bond donors (Lipinski definition) is 3. The number of aromatic amines is 1. The average Bonchev–Trinajstić information content (AvgIpc) is 2.82. The molecule has 0 radical (unpaired) electrons. The minimum Gasteiger partial charge on any atom is -0.479 e. The summed E-state index contributed by atoms with van der Waals surface area (Å²) in [5, 5.41) is 11.7. The molecule has 0 bridgehead atoms. The Morgan fingerprint density at radius 1 is 1.50 bits per heavy atom. The quantitative estimate of drug-likeness (QED) is 0.629. The zero-order chi connectivity index (χ0) is 14.8. The highest BCUT2D eigenvalue weighted by molar-refractivity contribution is 7.99. The maximum atomic E-state index is 11.9. The third-order valence-electron chi connectivity index (χ3n) is 3.02. The highest BCUT2D eigenvalue weighted by Crippen LogP contribution is 2.28. The second-order valence-electron chi connectivity index (χ2n) is 4.48. The monoisotopic (exact) mass is 299 g/mol. The summed E-state index contributed by atoms with van der Waals surface area (Å²) in [5.74, 6) is -0.700. The normalized spacial score (nSPS) is 21.6. The van der Waals surface area contributed by atoms with Crippen molar-refractivity contribution in [2.45, 2.75) is 18.5 Å². The number of rotatable bonds is 4. The number of carbonyl (C=O) groups is 2. The first-order valence-electron chi connectivity index (χ1n) is 5.85. The number of H-pyrrole nitrogens is 1. The number of carboxylic acids is 1. The summed E-state index contributed by atoms with van der Waals surface area (Å²) < 4.78 is 1.01. The second kappa shape index (κ2) is 5.53. The van der Waals surface area contributed by atoms with Crippen LogP contribution in [0.4, 0.5) is 0 Å². The number of thioether (sulfide) groups is 1. The molecule has 1 amide bonds. The highest BCUT2D eigenvalue weighted by Gasteiger charge is 2.43. The Morgan fingerprint density at radius 2 is 2.25 bits per heavy atom. The lowest BCUT2D eigenvalue weighted by atomic mass is 9.99. The zero-order valence-corrected chi connectivity index (χ0v) is 11.2. The molecule has 1 fully saturated rings. The molecule has 20 heavy (non-hydrogen) atoms. The Morgan fingerprint density at radius 3 is 2.80 bits per heavy atom. The van der Waals surface area contributed by atoms with Crippen molar-refractivity contribution in [3.8, 4) is 0 Å². The average molecular weight is 299 g/mol. The van der Waals surface area contributed by atoms with Crippen molar-refractivity contribution in [3.63, 3.8) is 0 Å². The van der Waals surface area contributed by atoms with Crippen molar-refractivity contribution in [2.75, 3.05) is 11.5 Å². The summed E-state index contributed by atoms with van der Waals surface area (Å²) in [6.45, 7) is -0.338. The number of amides is 1. The van der Waals surface area contributed by atoms with Gasteiger partial charge in [-0.05, 0) is 12.2 Å². The molecule has 1 unspecified atom stereocenters. The van der Waals surface area contributed by atoms with Crippen LogP contribution in [0.5, 0.6) is 0 Å². The molecule has 9 heteroatoms. The molecule has 0 aliphatic carbocycles. The van der Waals surface area contributed by atoms with Gasteiger partial charge in [-0.15, -0.1) is 0 Å². The summed E-state index contributed by atoms with van der Waals surface area (Å²) >= 11 is 1.45. The van der Waals surface area contributed by atoms with E-state index < -0.39 is 28.7 Å². The van der Waals surface area contributed by atoms with E-state index in [1.165, 1.54) is 18.0 Å². The third kappa shape index (κ3) is 2.93. The Bertz CT molecular complexity index is 644. The SMILES string of the molecule is O=C(Cn1ccc(=O)[nH]c1=O)NC1(C(=O)O)CCSC1. The lowest BCUT2D eigenvalue weighted by Crippen LogP contribution is -2.55. The minimum atomic E-state index is -1.27. The van der Waals surface area contributed by atoms with Crippen LogP contribution in [0.1, 0.15) is 6.42 Å². The first-order valence-corrected chi connectivity index (χ1v) is 7.00. The molecule has 1 aromatic rings. The lowest BCUT2D eigenvalue weighted by Gasteiger charge is -2.24. The molecule has 1 aliphatic rings. The number of aromatic nitrogens is 2. The molecule has 1 aliphatic heterocycles. The standard InChI is InChI=1S/C11H13N3O5S/c15-7-1-3-14(10(19)12-7)5-8(16)13-11(9(17)18)2-4-20-6-11/h1,3H,2,4-6H2,(H,13,16)(H,17,18)(H,12,15,19). The van der Waals surface area contributed by atoms with Crippen LogP contribution in [0, 0.1) is 0 Å². The van der Waals surface area contributed by atoms with Gasteiger partial charge >= 0.3 is 11.7 Å². The first-order chi connectivity index (χ1) is 9.43. The van der Waals surface area contributed by atoms with Crippen LogP contribution in [0.3, 0.4) is 0 Å². The van der Waals surface area contributed by atoms with Crippen LogP contribution in [-0.2, 0) is 16.1 Å². The summed E-state index contributed by atoms with van der Waals surface area (Å²) in [4.78, 5) is 47.5. The summed E-state index contributed by atoms with van der Waals surface area (Å²) in [5.41, 5.74) is -2.54. The van der Waals surface area contributed by atoms with Crippen LogP contribution < -0.4 is 16.6 Å². The topological polar surface area (TPSA) is 121 Å². The van der Waals surface area contributed by atoms with Gasteiger partial charge in [0, 0.05) is 18.0 Å². The number of carbonyl (C=O) groups excluding carboxylic acids is 1. The fourth-order valence-corrected chi connectivity index (χ4v) is 3.24. The van der Waals surface area contributed by atoms with Gasteiger partial charge in [0.15, 0.2) is 0 Å². The summed E-state index contributed by atoms with van der Waals surface area (Å²) in [7, 11) is 0. The van der Waals surface area contributed by atoms with Gasteiger partial charge in [0.05, 0.1) is 0 Å². The van der Waals surface area contributed by atoms with Gasteiger partial charge in [-0.3, -0.25) is 19.1 Å². The van der Waals surface area contributed by atoms with E-state index in [0.717, 1.165) is 10.6 Å². The van der Waals surface area contributed by atoms with Gasteiger partial charge in [-0.1, -0.05) is 0 Å². The number of nitrogens with zero attached hydrogens (tertiary/aromatic N) is 1. The minimum absolute atomic E-state index is 0.300.